The average Bonchev–Trinajstić information content (AvgIpc) is 3.33. The molecule has 1 aromatic heterocycles. The first-order valence-electron chi connectivity index (χ1n) is 9.13. The molecule has 3 aromatic rings. The van der Waals surface area contributed by atoms with Crippen molar-refractivity contribution in [3.8, 4) is 11.4 Å². The molecule has 0 unspecified atom stereocenters. The third kappa shape index (κ3) is 3.78. The zero-order valence-corrected chi connectivity index (χ0v) is 15.5. The number of carbonyl (C=O) groups excluding carboxylic acids is 2. The van der Waals surface area contributed by atoms with Crippen LogP contribution in [0.15, 0.2) is 59.1 Å². The summed E-state index contributed by atoms with van der Waals surface area (Å²) in [4.78, 5) is 30.9. The zero-order valence-electron chi connectivity index (χ0n) is 15.5. The maximum Gasteiger partial charge on any atom is 0.227 e. The number of amides is 2. The van der Waals surface area contributed by atoms with Gasteiger partial charge in [0.2, 0.25) is 23.5 Å². The Hall–Kier alpha value is -3.48. The number of nitrogens with zero attached hydrogens (tertiary/aromatic N) is 3. The van der Waals surface area contributed by atoms with Crippen molar-refractivity contribution < 1.29 is 14.1 Å². The van der Waals surface area contributed by atoms with Crippen LogP contribution in [0.5, 0.6) is 0 Å². The summed E-state index contributed by atoms with van der Waals surface area (Å²) in [5.41, 5.74) is 2.52. The Morgan fingerprint density at radius 3 is 2.79 bits per heavy atom. The molecule has 2 heterocycles. The van der Waals surface area contributed by atoms with Gasteiger partial charge in [0.1, 0.15) is 0 Å². The summed E-state index contributed by atoms with van der Waals surface area (Å²) in [6, 6.07) is 17.1. The van der Waals surface area contributed by atoms with E-state index in [0.29, 0.717) is 24.8 Å². The highest BCUT2D eigenvalue weighted by atomic mass is 16.5. The number of carbonyl (C=O) groups is 2. The predicted octanol–water partition coefficient (Wildman–Crippen LogP) is 2.71. The van der Waals surface area contributed by atoms with Gasteiger partial charge in [-0.3, -0.25) is 9.59 Å². The van der Waals surface area contributed by atoms with Crippen LogP contribution in [0.3, 0.4) is 0 Å². The second kappa shape index (κ2) is 7.64. The summed E-state index contributed by atoms with van der Waals surface area (Å²) in [5.74, 6) is 0.411. The van der Waals surface area contributed by atoms with E-state index in [-0.39, 0.29) is 24.2 Å². The van der Waals surface area contributed by atoms with Crippen LogP contribution in [0.1, 0.15) is 17.9 Å². The van der Waals surface area contributed by atoms with Gasteiger partial charge in [0.25, 0.3) is 0 Å². The number of rotatable bonds is 5. The molecule has 142 valence electrons. The minimum atomic E-state index is -0.368. The summed E-state index contributed by atoms with van der Waals surface area (Å²) in [5, 5.41) is 6.84. The first kappa shape index (κ1) is 17.9. The van der Waals surface area contributed by atoms with Gasteiger partial charge in [-0.15, -0.1) is 0 Å². The summed E-state index contributed by atoms with van der Waals surface area (Å²) < 4.78 is 5.02. The van der Waals surface area contributed by atoms with E-state index < -0.39 is 0 Å². The normalized spacial score (nSPS) is 16.4. The van der Waals surface area contributed by atoms with Crippen LogP contribution in [0.2, 0.25) is 0 Å². The molecule has 7 heteroatoms. The van der Waals surface area contributed by atoms with E-state index in [1.165, 1.54) is 0 Å². The minimum Gasteiger partial charge on any atom is -0.352 e. The second-order valence-electron chi connectivity index (χ2n) is 6.80. The third-order valence-electron chi connectivity index (χ3n) is 4.75. The van der Waals surface area contributed by atoms with E-state index in [9.17, 15) is 9.59 Å². The lowest BCUT2D eigenvalue weighted by atomic mass is 10.1. The summed E-state index contributed by atoms with van der Waals surface area (Å²) in [6.45, 7) is 2.54. The molecule has 2 aromatic carbocycles. The topological polar surface area (TPSA) is 88.3 Å². The lowest BCUT2D eigenvalue weighted by Gasteiger charge is -2.17. The highest BCUT2D eigenvalue weighted by Gasteiger charge is 2.35. The molecule has 1 saturated heterocycles. The molecule has 1 aliphatic heterocycles. The number of benzene rings is 2. The minimum absolute atomic E-state index is 0.0682. The van der Waals surface area contributed by atoms with Gasteiger partial charge in [0.05, 0.1) is 5.92 Å². The van der Waals surface area contributed by atoms with Gasteiger partial charge in [-0.2, -0.15) is 4.98 Å². The molecule has 0 spiro atoms. The van der Waals surface area contributed by atoms with Crippen molar-refractivity contribution in [2.75, 3.05) is 11.4 Å². The number of hydrogen-bond donors (Lipinski definition) is 1. The number of aromatic nitrogens is 2. The standard InChI is InChI=1S/C21H20N4O3/c1-14-23-20(24-28-14)16-8-5-9-18(10-16)25-13-17(11-19(25)26)21(27)22-12-15-6-3-2-4-7-15/h2-10,17H,11-13H2,1H3,(H,22,27)/t17-/m1/s1. The fraction of sp³-hybridized carbons (Fsp3) is 0.238. The Morgan fingerprint density at radius 2 is 2.04 bits per heavy atom. The molecular weight excluding hydrogens is 356 g/mol. The van der Waals surface area contributed by atoms with Gasteiger partial charge in [0.15, 0.2) is 0 Å². The summed E-state index contributed by atoms with van der Waals surface area (Å²) >= 11 is 0. The highest BCUT2D eigenvalue weighted by molar-refractivity contribution is 6.00. The van der Waals surface area contributed by atoms with Crippen molar-refractivity contribution in [3.63, 3.8) is 0 Å². The molecule has 0 saturated carbocycles. The van der Waals surface area contributed by atoms with E-state index in [0.717, 1.165) is 16.8 Å². The molecule has 1 fully saturated rings. The van der Waals surface area contributed by atoms with E-state index in [2.05, 4.69) is 15.5 Å². The Bertz CT molecular complexity index is 1000. The Morgan fingerprint density at radius 1 is 1.21 bits per heavy atom. The molecule has 28 heavy (non-hydrogen) atoms. The molecule has 1 N–H and O–H groups in total. The van der Waals surface area contributed by atoms with Gasteiger partial charge in [0, 0.05) is 37.7 Å². The Labute approximate surface area is 162 Å². The number of aryl methyl sites for hydroxylation is 1. The smallest absolute Gasteiger partial charge is 0.227 e. The molecule has 7 nitrogen and oxygen atoms in total. The van der Waals surface area contributed by atoms with Crippen LogP contribution in [0.25, 0.3) is 11.4 Å². The van der Waals surface area contributed by atoms with Crippen molar-refractivity contribution in [1.82, 2.24) is 15.5 Å². The molecular formula is C21H20N4O3. The van der Waals surface area contributed by atoms with Crippen LogP contribution < -0.4 is 10.2 Å². The van der Waals surface area contributed by atoms with Gasteiger partial charge in [-0.1, -0.05) is 47.6 Å². The summed E-state index contributed by atoms with van der Waals surface area (Å²) in [7, 11) is 0. The van der Waals surface area contributed by atoms with E-state index in [4.69, 9.17) is 4.52 Å². The van der Waals surface area contributed by atoms with Gasteiger partial charge in [-0.05, 0) is 17.7 Å². The largest absolute Gasteiger partial charge is 0.352 e. The van der Waals surface area contributed by atoms with Crippen LogP contribution in [-0.2, 0) is 16.1 Å². The highest BCUT2D eigenvalue weighted by Crippen LogP contribution is 2.28. The molecule has 1 aliphatic rings. The number of nitrogens with one attached hydrogen (secondary N) is 1. The van der Waals surface area contributed by atoms with E-state index >= 15 is 0 Å². The SMILES string of the molecule is Cc1nc(-c2cccc(N3C[C@H](C(=O)NCc4ccccc4)CC3=O)c2)no1. The van der Waals surface area contributed by atoms with Crippen LogP contribution >= 0.6 is 0 Å². The molecule has 0 radical (unpaired) electrons. The van der Waals surface area contributed by atoms with Crippen molar-refractivity contribution in [1.29, 1.82) is 0 Å². The fourth-order valence-electron chi connectivity index (χ4n) is 3.29. The van der Waals surface area contributed by atoms with Crippen LogP contribution in [0, 0.1) is 12.8 Å². The summed E-state index contributed by atoms with van der Waals surface area (Å²) in [6.07, 6.45) is 0.201. The third-order valence-corrected chi connectivity index (χ3v) is 4.75. The first-order valence-corrected chi connectivity index (χ1v) is 9.13. The predicted molar refractivity (Wildman–Crippen MR) is 103 cm³/mol. The molecule has 2 amide bonds. The van der Waals surface area contributed by atoms with Crippen LogP contribution in [-0.4, -0.2) is 28.5 Å². The van der Waals surface area contributed by atoms with Gasteiger partial charge >= 0.3 is 0 Å². The maximum atomic E-state index is 12.5. The monoisotopic (exact) mass is 376 g/mol. The van der Waals surface area contributed by atoms with Crippen LogP contribution in [0.4, 0.5) is 5.69 Å². The zero-order chi connectivity index (χ0) is 19.5. The fourth-order valence-corrected chi connectivity index (χ4v) is 3.29. The van der Waals surface area contributed by atoms with Crippen molar-refractivity contribution in [2.24, 2.45) is 5.92 Å². The Balaban J connectivity index is 1.44. The quantitative estimate of drug-likeness (QED) is 0.740. The maximum absolute atomic E-state index is 12.5. The van der Waals surface area contributed by atoms with E-state index in [1.54, 1.807) is 11.8 Å². The molecule has 0 aliphatic carbocycles. The van der Waals surface area contributed by atoms with Crippen molar-refractivity contribution in [2.45, 2.75) is 19.9 Å². The van der Waals surface area contributed by atoms with Crippen molar-refractivity contribution >= 4 is 17.5 Å². The second-order valence-corrected chi connectivity index (χ2v) is 6.80. The molecule has 1 atom stereocenters. The molecule has 0 bridgehead atoms. The van der Waals surface area contributed by atoms with Crippen molar-refractivity contribution in [3.05, 3.63) is 66.1 Å². The number of anilines is 1. The van der Waals surface area contributed by atoms with E-state index in [1.807, 2.05) is 54.6 Å². The number of hydrogen-bond acceptors (Lipinski definition) is 5. The van der Waals surface area contributed by atoms with Gasteiger partial charge < -0.3 is 14.7 Å². The Kier molecular flexibility index (Phi) is 4.89. The lowest BCUT2D eigenvalue weighted by Crippen LogP contribution is -2.32. The van der Waals surface area contributed by atoms with Gasteiger partial charge in [-0.25, -0.2) is 0 Å². The molecule has 4 rings (SSSR count). The lowest BCUT2D eigenvalue weighted by molar-refractivity contribution is -0.126. The first-order chi connectivity index (χ1) is 13.6. The average molecular weight is 376 g/mol.